The molecule has 0 atom stereocenters. The summed E-state index contributed by atoms with van der Waals surface area (Å²) in [5, 5.41) is 11.0. The molecule has 96 valence electrons. The number of nitrogens with zero attached hydrogens (tertiary/aromatic N) is 2. The molecule has 0 radical (unpaired) electrons. The molecule has 0 aliphatic rings. The van der Waals surface area contributed by atoms with Crippen LogP contribution in [0.15, 0.2) is 36.0 Å². The second kappa shape index (κ2) is 4.95. The van der Waals surface area contributed by atoms with Crippen LogP contribution in [0, 0.1) is 6.92 Å². The molecular formula is C14H12N2O2S. The van der Waals surface area contributed by atoms with Gasteiger partial charge in [-0.3, -0.25) is 0 Å². The Morgan fingerprint density at radius 2 is 2.00 bits per heavy atom. The van der Waals surface area contributed by atoms with Gasteiger partial charge in [-0.05, 0) is 35.6 Å². The molecule has 19 heavy (non-hydrogen) atoms. The van der Waals surface area contributed by atoms with Gasteiger partial charge in [0.2, 0.25) is 5.88 Å². The average Bonchev–Trinajstić information content (AvgIpc) is 2.83. The highest BCUT2D eigenvalue weighted by Crippen LogP contribution is 2.32. The average molecular weight is 272 g/mol. The second-order valence-electron chi connectivity index (χ2n) is 4.18. The predicted molar refractivity (Wildman–Crippen MR) is 74.6 cm³/mol. The molecule has 0 unspecified atom stereocenters. The van der Waals surface area contributed by atoms with Crippen molar-refractivity contribution in [2.45, 2.75) is 13.5 Å². The Hall–Kier alpha value is -1.98. The van der Waals surface area contributed by atoms with Crippen LogP contribution in [0.4, 0.5) is 0 Å². The number of fused-ring (bicyclic) bond motifs is 1. The predicted octanol–water partition coefficient (Wildman–Crippen LogP) is 3.28. The molecule has 0 aliphatic carbocycles. The van der Waals surface area contributed by atoms with Crippen molar-refractivity contribution in [2.75, 3.05) is 0 Å². The van der Waals surface area contributed by atoms with E-state index in [2.05, 4.69) is 9.97 Å². The lowest BCUT2D eigenvalue weighted by Crippen LogP contribution is -1.90. The smallest absolute Gasteiger partial charge is 0.240 e. The van der Waals surface area contributed by atoms with Crippen molar-refractivity contribution in [1.82, 2.24) is 9.97 Å². The minimum absolute atomic E-state index is 0.0299. The van der Waals surface area contributed by atoms with E-state index in [0.29, 0.717) is 11.6 Å². The van der Waals surface area contributed by atoms with E-state index in [1.54, 1.807) is 11.3 Å². The van der Waals surface area contributed by atoms with E-state index in [0.717, 1.165) is 21.3 Å². The number of thiophene rings is 1. The summed E-state index contributed by atoms with van der Waals surface area (Å²) in [7, 11) is 0. The van der Waals surface area contributed by atoms with Crippen molar-refractivity contribution >= 4 is 21.6 Å². The monoisotopic (exact) mass is 272 g/mol. The van der Waals surface area contributed by atoms with E-state index in [4.69, 9.17) is 9.84 Å². The lowest BCUT2D eigenvalue weighted by atomic mass is 10.2. The van der Waals surface area contributed by atoms with Crippen LogP contribution in [-0.4, -0.2) is 15.1 Å². The number of aryl methyl sites for hydroxylation is 1. The maximum Gasteiger partial charge on any atom is 0.240 e. The molecule has 0 spiro atoms. The molecule has 5 heteroatoms. The molecule has 2 aromatic heterocycles. The molecule has 0 saturated carbocycles. The zero-order valence-corrected chi connectivity index (χ0v) is 11.1. The quantitative estimate of drug-likeness (QED) is 0.795. The zero-order chi connectivity index (χ0) is 13.2. The fourth-order valence-corrected chi connectivity index (χ4v) is 2.72. The number of aliphatic hydroxyl groups excluding tert-OH is 1. The zero-order valence-electron chi connectivity index (χ0n) is 10.3. The van der Waals surface area contributed by atoms with Gasteiger partial charge in [0.15, 0.2) is 0 Å². The van der Waals surface area contributed by atoms with Crippen molar-refractivity contribution < 1.29 is 9.84 Å². The molecule has 4 nitrogen and oxygen atoms in total. The molecule has 1 aromatic carbocycles. The molecule has 3 aromatic rings. The van der Waals surface area contributed by atoms with Gasteiger partial charge in [0.05, 0.1) is 12.1 Å². The maximum absolute atomic E-state index is 9.00. The van der Waals surface area contributed by atoms with Gasteiger partial charge in [-0.2, -0.15) is 0 Å². The van der Waals surface area contributed by atoms with Crippen LogP contribution in [0.1, 0.15) is 11.1 Å². The fraction of sp³-hybridized carbons (Fsp3) is 0.143. The SMILES string of the molecule is Cc1csc2c(Oc3ccc(CO)cc3)ncnc12. The highest BCUT2D eigenvalue weighted by Gasteiger charge is 2.09. The summed E-state index contributed by atoms with van der Waals surface area (Å²) in [6.45, 7) is 2.05. The van der Waals surface area contributed by atoms with E-state index in [-0.39, 0.29) is 6.61 Å². The molecule has 0 amide bonds. The molecule has 3 rings (SSSR count). The maximum atomic E-state index is 9.00. The Bertz CT molecular complexity index is 707. The molecular weight excluding hydrogens is 260 g/mol. The van der Waals surface area contributed by atoms with Gasteiger partial charge in [-0.1, -0.05) is 12.1 Å². The Kier molecular flexibility index (Phi) is 3.15. The normalized spacial score (nSPS) is 10.8. The van der Waals surface area contributed by atoms with E-state index in [1.165, 1.54) is 6.33 Å². The Morgan fingerprint density at radius 1 is 1.21 bits per heavy atom. The molecule has 0 saturated heterocycles. The van der Waals surface area contributed by atoms with Crippen molar-refractivity contribution in [1.29, 1.82) is 0 Å². The van der Waals surface area contributed by atoms with Crippen molar-refractivity contribution in [3.05, 3.63) is 47.1 Å². The standard InChI is InChI=1S/C14H12N2O2S/c1-9-7-19-13-12(9)15-8-16-14(13)18-11-4-2-10(6-17)3-5-11/h2-5,7-8,17H,6H2,1H3. The van der Waals surface area contributed by atoms with E-state index >= 15 is 0 Å². The fourth-order valence-electron chi connectivity index (χ4n) is 1.80. The van der Waals surface area contributed by atoms with Crippen LogP contribution in [-0.2, 0) is 6.61 Å². The van der Waals surface area contributed by atoms with Gasteiger partial charge < -0.3 is 9.84 Å². The highest BCUT2D eigenvalue weighted by molar-refractivity contribution is 7.17. The molecule has 0 fully saturated rings. The summed E-state index contributed by atoms with van der Waals surface area (Å²) in [5.41, 5.74) is 2.91. The number of hydrogen-bond acceptors (Lipinski definition) is 5. The Balaban J connectivity index is 1.96. The molecule has 1 N–H and O–H groups in total. The van der Waals surface area contributed by atoms with E-state index in [1.807, 2.05) is 36.6 Å². The Morgan fingerprint density at radius 3 is 2.74 bits per heavy atom. The van der Waals surface area contributed by atoms with Gasteiger partial charge in [-0.25, -0.2) is 9.97 Å². The van der Waals surface area contributed by atoms with Crippen molar-refractivity contribution in [3.63, 3.8) is 0 Å². The number of benzene rings is 1. The van der Waals surface area contributed by atoms with Gasteiger partial charge in [0.1, 0.15) is 16.8 Å². The molecule has 2 heterocycles. The van der Waals surface area contributed by atoms with Crippen LogP contribution in [0.2, 0.25) is 0 Å². The number of aromatic nitrogens is 2. The number of hydrogen-bond donors (Lipinski definition) is 1. The Labute approximate surface area is 114 Å². The van der Waals surface area contributed by atoms with Crippen LogP contribution < -0.4 is 4.74 Å². The largest absolute Gasteiger partial charge is 0.437 e. The van der Waals surface area contributed by atoms with Gasteiger partial charge in [0.25, 0.3) is 0 Å². The first kappa shape index (κ1) is 12.1. The van der Waals surface area contributed by atoms with Crippen LogP contribution >= 0.6 is 11.3 Å². The molecule has 0 bridgehead atoms. The minimum atomic E-state index is 0.0299. The number of ether oxygens (including phenoxy) is 1. The summed E-state index contributed by atoms with van der Waals surface area (Å²) < 4.78 is 6.73. The topological polar surface area (TPSA) is 55.2 Å². The lowest BCUT2D eigenvalue weighted by Gasteiger charge is -2.05. The van der Waals surface area contributed by atoms with Gasteiger partial charge >= 0.3 is 0 Å². The highest BCUT2D eigenvalue weighted by atomic mass is 32.1. The number of rotatable bonds is 3. The van der Waals surface area contributed by atoms with Crippen molar-refractivity contribution in [2.24, 2.45) is 0 Å². The van der Waals surface area contributed by atoms with E-state index in [9.17, 15) is 0 Å². The number of aliphatic hydroxyl groups is 1. The van der Waals surface area contributed by atoms with Crippen LogP contribution in [0.25, 0.3) is 10.2 Å². The van der Waals surface area contributed by atoms with Gasteiger partial charge in [0, 0.05) is 0 Å². The summed E-state index contributed by atoms with van der Waals surface area (Å²) in [6, 6.07) is 7.29. The summed E-state index contributed by atoms with van der Waals surface area (Å²) in [6.07, 6.45) is 1.51. The van der Waals surface area contributed by atoms with Crippen LogP contribution in [0.5, 0.6) is 11.6 Å². The summed E-state index contributed by atoms with van der Waals surface area (Å²) in [5.74, 6) is 1.27. The van der Waals surface area contributed by atoms with E-state index < -0.39 is 0 Å². The molecule has 0 aliphatic heterocycles. The first-order chi connectivity index (χ1) is 9.28. The van der Waals surface area contributed by atoms with Gasteiger partial charge in [-0.15, -0.1) is 11.3 Å². The lowest BCUT2D eigenvalue weighted by molar-refractivity contribution is 0.281. The minimum Gasteiger partial charge on any atom is -0.437 e. The third-order valence-corrected chi connectivity index (χ3v) is 3.89. The first-order valence-corrected chi connectivity index (χ1v) is 6.72. The second-order valence-corrected chi connectivity index (χ2v) is 5.06. The third kappa shape index (κ3) is 2.30. The summed E-state index contributed by atoms with van der Waals surface area (Å²) in [4.78, 5) is 8.44. The van der Waals surface area contributed by atoms with Crippen molar-refractivity contribution in [3.8, 4) is 11.6 Å². The first-order valence-electron chi connectivity index (χ1n) is 5.84. The third-order valence-electron chi connectivity index (χ3n) is 2.82. The van der Waals surface area contributed by atoms with Crippen LogP contribution in [0.3, 0.4) is 0 Å². The summed E-state index contributed by atoms with van der Waals surface area (Å²) >= 11 is 1.58.